The third kappa shape index (κ3) is 3.99. The van der Waals surface area contributed by atoms with Crippen molar-refractivity contribution in [3.05, 3.63) is 74.9 Å². The Morgan fingerprint density at radius 1 is 1.06 bits per heavy atom. The molecule has 5 nitrogen and oxygen atoms in total. The van der Waals surface area contributed by atoms with Gasteiger partial charge in [0.05, 0.1) is 33.0 Å². The summed E-state index contributed by atoms with van der Waals surface area (Å²) in [6.07, 6.45) is -3.15. The number of carboxylic acid groups (broad SMARTS) is 1. The summed E-state index contributed by atoms with van der Waals surface area (Å²) in [5.74, 6) is -5.15. The molecule has 1 aliphatic carbocycles. The summed E-state index contributed by atoms with van der Waals surface area (Å²) in [5.41, 5.74) is -3.07. The molecule has 172 valence electrons. The topological polar surface area (TPSA) is 72.2 Å². The van der Waals surface area contributed by atoms with Crippen molar-refractivity contribution >= 4 is 23.5 Å². The molecule has 4 rings (SSSR count). The predicted molar refractivity (Wildman–Crippen MR) is 107 cm³/mol. The monoisotopic (exact) mass is 484 g/mol. The van der Waals surface area contributed by atoms with Gasteiger partial charge in [-0.1, -0.05) is 17.7 Å². The minimum Gasteiger partial charge on any atom is -0.478 e. The molecule has 0 radical (unpaired) electrons. The first-order chi connectivity index (χ1) is 15.5. The summed E-state index contributed by atoms with van der Waals surface area (Å²) in [6, 6.07) is 4.13. The smallest absolute Gasteiger partial charge is 0.417 e. The lowest BCUT2D eigenvalue weighted by molar-refractivity contribution is -0.137. The number of carboxylic acids is 1. The lowest BCUT2D eigenvalue weighted by Crippen LogP contribution is -2.22. The van der Waals surface area contributed by atoms with Crippen molar-refractivity contribution in [2.75, 3.05) is 0 Å². The van der Waals surface area contributed by atoms with Crippen LogP contribution < -0.4 is 0 Å². The number of aromatic nitrogens is 2. The van der Waals surface area contributed by atoms with Crippen LogP contribution in [-0.2, 0) is 19.0 Å². The number of alkyl halides is 3. The first kappa shape index (κ1) is 22.9. The number of benzene rings is 2. The molecule has 0 spiro atoms. The molecule has 0 saturated carbocycles. The van der Waals surface area contributed by atoms with Crippen molar-refractivity contribution in [2.24, 2.45) is 0 Å². The van der Waals surface area contributed by atoms with E-state index in [1.807, 2.05) is 0 Å². The van der Waals surface area contributed by atoms with Crippen LogP contribution in [0.15, 0.2) is 30.3 Å². The Hall–Kier alpha value is -3.27. The van der Waals surface area contributed by atoms with E-state index >= 15 is 0 Å². The molecule has 3 aromatic rings. The lowest BCUT2D eigenvalue weighted by Gasteiger charge is -2.16. The number of halogens is 6. The number of nitrogens with zero attached hydrogens (tertiary/aromatic N) is 2. The van der Waals surface area contributed by atoms with Gasteiger partial charge in [0, 0.05) is 5.56 Å². The third-order valence-electron chi connectivity index (χ3n) is 5.43. The standard InChI is InChI=1S/C22H14ClF5N2O3/c23-13-6-3-5-12(22(26,27)28)17(13)20(31)30-16-7-2-1-4-11(16)19(29-30)18-14(24)8-10(21(32)33)9-15(18)25/h3,5-6,8-9H,1-2,4,7H2,(H,32,33). The van der Waals surface area contributed by atoms with Crippen LogP contribution in [0.3, 0.4) is 0 Å². The van der Waals surface area contributed by atoms with Gasteiger partial charge >= 0.3 is 12.1 Å². The van der Waals surface area contributed by atoms with E-state index < -0.39 is 57.0 Å². The fourth-order valence-electron chi connectivity index (χ4n) is 3.97. The minimum absolute atomic E-state index is 0.232. The Balaban J connectivity index is 1.93. The number of carbonyl (C=O) groups excluding carboxylic acids is 1. The molecule has 0 saturated heterocycles. The average molecular weight is 485 g/mol. The predicted octanol–water partition coefficient (Wildman–Crippen LogP) is 5.77. The zero-order chi connectivity index (χ0) is 24.1. The average Bonchev–Trinajstić information content (AvgIpc) is 3.11. The molecule has 1 heterocycles. The zero-order valence-electron chi connectivity index (χ0n) is 16.6. The number of hydrogen-bond donors (Lipinski definition) is 1. The van der Waals surface area contributed by atoms with Crippen LogP contribution in [0.4, 0.5) is 22.0 Å². The fraction of sp³-hybridized carbons (Fsp3) is 0.227. The summed E-state index contributed by atoms with van der Waals surface area (Å²) in [6.45, 7) is 0. The molecule has 2 aromatic carbocycles. The van der Waals surface area contributed by atoms with Gasteiger partial charge in [-0.3, -0.25) is 4.79 Å². The van der Waals surface area contributed by atoms with Gasteiger partial charge in [0.2, 0.25) is 0 Å². The van der Waals surface area contributed by atoms with Crippen LogP contribution in [-0.4, -0.2) is 26.8 Å². The second kappa shape index (κ2) is 8.26. The van der Waals surface area contributed by atoms with Crippen LogP contribution in [0, 0.1) is 11.6 Å². The van der Waals surface area contributed by atoms with Gasteiger partial charge in [0.1, 0.15) is 17.3 Å². The summed E-state index contributed by atoms with van der Waals surface area (Å²) in [5, 5.41) is 12.6. The Bertz CT molecular complexity index is 1280. The van der Waals surface area contributed by atoms with Gasteiger partial charge in [-0.15, -0.1) is 0 Å². The van der Waals surface area contributed by atoms with Crippen LogP contribution in [0.1, 0.15) is 50.4 Å². The Labute approximate surface area is 188 Å². The van der Waals surface area contributed by atoms with Crippen molar-refractivity contribution in [2.45, 2.75) is 31.9 Å². The maximum absolute atomic E-state index is 14.7. The second-order valence-electron chi connectivity index (χ2n) is 7.48. The molecule has 0 atom stereocenters. The Kier molecular flexibility index (Phi) is 5.73. The lowest BCUT2D eigenvalue weighted by atomic mass is 9.92. The number of fused-ring (bicyclic) bond motifs is 1. The summed E-state index contributed by atoms with van der Waals surface area (Å²) in [7, 11) is 0. The normalized spacial score (nSPS) is 13.6. The van der Waals surface area contributed by atoms with Crippen molar-refractivity contribution in [3.8, 4) is 11.3 Å². The quantitative estimate of drug-likeness (QED) is 0.479. The summed E-state index contributed by atoms with van der Waals surface area (Å²) in [4.78, 5) is 24.3. The Morgan fingerprint density at radius 3 is 2.30 bits per heavy atom. The second-order valence-corrected chi connectivity index (χ2v) is 7.89. The largest absolute Gasteiger partial charge is 0.478 e. The summed E-state index contributed by atoms with van der Waals surface area (Å²) < 4.78 is 70.8. The van der Waals surface area contributed by atoms with Gasteiger partial charge in [0.15, 0.2) is 0 Å². The maximum Gasteiger partial charge on any atom is 0.417 e. The van der Waals surface area contributed by atoms with Crippen molar-refractivity contribution in [1.29, 1.82) is 0 Å². The minimum atomic E-state index is -4.88. The molecule has 1 aliphatic rings. The van der Waals surface area contributed by atoms with E-state index in [-0.39, 0.29) is 24.2 Å². The maximum atomic E-state index is 14.7. The van der Waals surface area contributed by atoms with Crippen molar-refractivity contribution < 1.29 is 36.6 Å². The highest BCUT2D eigenvalue weighted by Crippen LogP contribution is 2.38. The van der Waals surface area contributed by atoms with E-state index in [0.717, 1.165) is 12.1 Å². The highest BCUT2D eigenvalue weighted by molar-refractivity contribution is 6.34. The fourth-order valence-corrected chi connectivity index (χ4v) is 4.23. The van der Waals surface area contributed by atoms with E-state index in [1.165, 1.54) is 0 Å². The van der Waals surface area contributed by atoms with E-state index in [0.29, 0.717) is 41.3 Å². The van der Waals surface area contributed by atoms with Crippen LogP contribution in [0.25, 0.3) is 11.3 Å². The molecular weight excluding hydrogens is 471 g/mol. The van der Waals surface area contributed by atoms with Crippen LogP contribution in [0.2, 0.25) is 5.02 Å². The number of hydrogen-bond acceptors (Lipinski definition) is 3. The van der Waals surface area contributed by atoms with Gasteiger partial charge in [-0.2, -0.15) is 23.0 Å². The van der Waals surface area contributed by atoms with Gasteiger partial charge in [0.25, 0.3) is 5.91 Å². The van der Waals surface area contributed by atoms with Crippen LogP contribution >= 0.6 is 11.6 Å². The molecule has 33 heavy (non-hydrogen) atoms. The highest BCUT2D eigenvalue weighted by atomic mass is 35.5. The molecule has 0 aliphatic heterocycles. The molecular formula is C22H14ClF5N2O3. The molecule has 0 amide bonds. The molecule has 0 bridgehead atoms. The molecule has 0 fully saturated rings. The SMILES string of the molecule is O=C(O)c1cc(F)c(-c2nn(C(=O)c3c(Cl)cccc3C(F)(F)F)c3c2CCCC3)c(F)c1. The van der Waals surface area contributed by atoms with E-state index in [9.17, 15) is 31.5 Å². The van der Waals surface area contributed by atoms with E-state index in [2.05, 4.69) is 5.10 Å². The third-order valence-corrected chi connectivity index (χ3v) is 5.75. The van der Waals surface area contributed by atoms with Crippen molar-refractivity contribution in [3.63, 3.8) is 0 Å². The summed E-state index contributed by atoms with van der Waals surface area (Å²) >= 11 is 5.95. The number of rotatable bonds is 3. The van der Waals surface area contributed by atoms with Gasteiger partial charge in [-0.05, 0) is 49.9 Å². The first-order valence-corrected chi connectivity index (χ1v) is 10.1. The zero-order valence-corrected chi connectivity index (χ0v) is 17.4. The van der Waals surface area contributed by atoms with Gasteiger partial charge in [-0.25, -0.2) is 13.6 Å². The number of carbonyl (C=O) groups is 2. The molecule has 1 N–H and O–H groups in total. The van der Waals surface area contributed by atoms with E-state index in [1.54, 1.807) is 0 Å². The molecule has 1 aromatic heterocycles. The molecule has 11 heteroatoms. The van der Waals surface area contributed by atoms with Crippen molar-refractivity contribution in [1.82, 2.24) is 9.78 Å². The number of aromatic carboxylic acids is 1. The molecule has 0 unspecified atom stereocenters. The first-order valence-electron chi connectivity index (χ1n) is 9.74. The van der Waals surface area contributed by atoms with Crippen LogP contribution in [0.5, 0.6) is 0 Å². The highest BCUT2D eigenvalue weighted by Gasteiger charge is 2.38. The van der Waals surface area contributed by atoms with Gasteiger partial charge < -0.3 is 5.11 Å². The van der Waals surface area contributed by atoms with E-state index in [4.69, 9.17) is 16.7 Å². The Morgan fingerprint density at radius 2 is 1.70 bits per heavy atom.